The molecule has 0 aliphatic carbocycles. The van der Waals surface area contributed by atoms with Crippen LogP contribution in [0, 0.1) is 5.92 Å². The number of amides is 1. The van der Waals surface area contributed by atoms with Crippen LogP contribution in [0.2, 0.25) is 0 Å². The largest absolute Gasteiger partial charge is 0.444 e. The van der Waals surface area contributed by atoms with E-state index in [-0.39, 0.29) is 12.7 Å². The van der Waals surface area contributed by atoms with Crippen LogP contribution < -0.4 is 5.32 Å². The lowest BCUT2D eigenvalue weighted by Crippen LogP contribution is -2.58. The Bertz CT molecular complexity index is 264. The molecule has 0 radical (unpaired) electrons. The second-order valence-electron chi connectivity index (χ2n) is 5.82. The van der Waals surface area contributed by atoms with Gasteiger partial charge in [0.25, 0.3) is 0 Å². The third kappa shape index (κ3) is 4.46. The number of carbonyl (C=O) groups excluding carboxylic acids is 1. The molecule has 0 aromatic heterocycles. The van der Waals surface area contributed by atoms with Crippen molar-refractivity contribution in [1.82, 2.24) is 10.2 Å². The zero-order chi connectivity index (χ0) is 13.8. The summed E-state index contributed by atoms with van der Waals surface area (Å²) in [4.78, 5) is 13.5. The van der Waals surface area contributed by atoms with Gasteiger partial charge in [0, 0.05) is 31.7 Å². The fourth-order valence-electron chi connectivity index (χ4n) is 2.15. The van der Waals surface area contributed by atoms with E-state index < -0.39 is 5.60 Å². The Morgan fingerprint density at radius 1 is 1.50 bits per heavy atom. The van der Waals surface area contributed by atoms with Gasteiger partial charge in [0.05, 0.1) is 0 Å². The molecule has 1 amide bonds. The summed E-state index contributed by atoms with van der Waals surface area (Å²) < 4.78 is 5.31. The lowest BCUT2D eigenvalue weighted by atomic mass is 9.90. The van der Waals surface area contributed by atoms with E-state index in [2.05, 4.69) is 12.2 Å². The van der Waals surface area contributed by atoms with Crippen LogP contribution in [0.25, 0.3) is 0 Å². The smallest absolute Gasteiger partial charge is 0.410 e. The molecule has 5 heteroatoms. The molecule has 1 aliphatic heterocycles. The van der Waals surface area contributed by atoms with Crippen LogP contribution >= 0.6 is 0 Å². The summed E-state index contributed by atoms with van der Waals surface area (Å²) in [5.41, 5.74) is -0.436. The molecule has 0 saturated carbocycles. The Hall–Kier alpha value is -0.810. The zero-order valence-corrected chi connectivity index (χ0v) is 11.9. The molecule has 1 rings (SSSR count). The normalized spacial score (nSPS) is 18.4. The van der Waals surface area contributed by atoms with Crippen molar-refractivity contribution in [3.8, 4) is 0 Å². The highest BCUT2D eigenvalue weighted by molar-refractivity contribution is 5.69. The van der Waals surface area contributed by atoms with Gasteiger partial charge in [-0.15, -0.1) is 0 Å². The van der Waals surface area contributed by atoms with E-state index >= 15 is 0 Å². The summed E-state index contributed by atoms with van der Waals surface area (Å²) in [7, 11) is 0. The number of carbonyl (C=O) groups is 1. The van der Waals surface area contributed by atoms with E-state index in [0.717, 1.165) is 13.0 Å². The van der Waals surface area contributed by atoms with Crippen LogP contribution in [0.3, 0.4) is 0 Å². The predicted molar refractivity (Wildman–Crippen MR) is 70.5 cm³/mol. The fraction of sp³-hybridized carbons (Fsp3) is 0.923. The van der Waals surface area contributed by atoms with Crippen LogP contribution in [-0.2, 0) is 4.74 Å². The minimum Gasteiger partial charge on any atom is -0.444 e. The topological polar surface area (TPSA) is 61.8 Å². The molecule has 0 bridgehead atoms. The first-order valence-electron chi connectivity index (χ1n) is 6.69. The van der Waals surface area contributed by atoms with Gasteiger partial charge in [0.2, 0.25) is 0 Å². The van der Waals surface area contributed by atoms with E-state index in [1.54, 1.807) is 4.90 Å². The summed E-state index contributed by atoms with van der Waals surface area (Å²) in [5.74, 6) is 0.421. The van der Waals surface area contributed by atoms with Gasteiger partial charge < -0.3 is 20.1 Å². The molecule has 106 valence electrons. The maximum Gasteiger partial charge on any atom is 0.410 e. The Morgan fingerprint density at radius 2 is 2.11 bits per heavy atom. The number of rotatable bonds is 5. The highest BCUT2D eigenvalue weighted by Crippen LogP contribution is 2.23. The summed E-state index contributed by atoms with van der Waals surface area (Å²) >= 11 is 0. The van der Waals surface area contributed by atoms with E-state index in [1.807, 2.05) is 20.8 Å². The van der Waals surface area contributed by atoms with Crippen molar-refractivity contribution in [2.45, 2.75) is 45.8 Å². The summed E-state index contributed by atoms with van der Waals surface area (Å²) in [5, 5.41) is 12.4. The first kappa shape index (κ1) is 15.2. The van der Waals surface area contributed by atoms with Crippen LogP contribution in [-0.4, -0.2) is 54.0 Å². The standard InChI is InChI=1S/C13H26N2O3/c1-5-14-11(6-7-16)10-8-15(9-10)12(17)18-13(2,3)4/h10-11,14,16H,5-9H2,1-4H3. The van der Waals surface area contributed by atoms with Crippen molar-refractivity contribution in [3.05, 3.63) is 0 Å². The quantitative estimate of drug-likeness (QED) is 0.778. The lowest BCUT2D eigenvalue weighted by molar-refractivity contribution is -0.00804. The number of nitrogens with one attached hydrogen (secondary N) is 1. The second kappa shape index (κ2) is 6.38. The molecular formula is C13H26N2O3. The summed E-state index contributed by atoms with van der Waals surface area (Å²) in [6.07, 6.45) is 0.499. The lowest BCUT2D eigenvalue weighted by Gasteiger charge is -2.43. The zero-order valence-electron chi connectivity index (χ0n) is 11.9. The van der Waals surface area contributed by atoms with Crippen molar-refractivity contribution in [1.29, 1.82) is 0 Å². The highest BCUT2D eigenvalue weighted by atomic mass is 16.6. The van der Waals surface area contributed by atoms with Crippen LogP contribution in [0.4, 0.5) is 4.79 Å². The monoisotopic (exact) mass is 258 g/mol. The fourth-order valence-corrected chi connectivity index (χ4v) is 2.15. The van der Waals surface area contributed by atoms with Crippen LogP contribution in [0.5, 0.6) is 0 Å². The maximum atomic E-state index is 11.8. The average molecular weight is 258 g/mol. The minimum atomic E-state index is -0.436. The molecule has 5 nitrogen and oxygen atoms in total. The molecule has 1 atom stereocenters. The maximum absolute atomic E-state index is 11.8. The summed E-state index contributed by atoms with van der Waals surface area (Å²) in [6.45, 7) is 10.2. The number of hydrogen-bond acceptors (Lipinski definition) is 4. The van der Waals surface area contributed by atoms with Gasteiger partial charge in [0.15, 0.2) is 0 Å². The molecule has 1 fully saturated rings. The molecule has 1 unspecified atom stereocenters. The number of ether oxygens (including phenoxy) is 1. The summed E-state index contributed by atoms with van der Waals surface area (Å²) in [6, 6.07) is 0.290. The van der Waals surface area contributed by atoms with Crippen LogP contribution in [0.15, 0.2) is 0 Å². The number of nitrogens with zero attached hydrogens (tertiary/aromatic N) is 1. The first-order valence-corrected chi connectivity index (χ1v) is 6.69. The molecule has 1 heterocycles. The first-order chi connectivity index (χ1) is 8.37. The number of aliphatic hydroxyl groups is 1. The van der Waals surface area contributed by atoms with E-state index in [1.165, 1.54) is 0 Å². The Labute approximate surface area is 109 Å². The van der Waals surface area contributed by atoms with Gasteiger partial charge in [-0.1, -0.05) is 6.92 Å². The van der Waals surface area contributed by atoms with Gasteiger partial charge in [0.1, 0.15) is 5.60 Å². The molecule has 1 saturated heterocycles. The molecule has 0 spiro atoms. The Kier molecular flexibility index (Phi) is 5.41. The van der Waals surface area contributed by atoms with Gasteiger partial charge in [-0.3, -0.25) is 0 Å². The van der Waals surface area contributed by atoms with Gasteiger partial charge >= 0.3 is 6.09 Å². The van der Waals surface area contributed by atoms with Crippen molar-refractivity contribution >= 4 is 6.09 Å². The third-order valence-corrected chi connectivity index (χ3v) is 3.04. The third-order valence-electron chi connectivity index (χ3n) is 3.04. The van der Waals surface area contributed by atoms with Crippen LogP contribution in [0.1, 0.15) is 34.1 Å². The van der Waals surface area contributed by atoms with E-state index in [0.29, 0.717) is 25.0 Å². The van der Waals surface area contributed by atoms with Gasteiger partial charge in [-0.25, -0.2) is 4.79 Å². The molecule has 0 aromatic carbocycles. The van der Waals surface area contributed by atoms with Gasteiger partial charge in [-0.2, -0.15) is 0 Å². The molecule has 2 N–H and O–H groups in total. The molecular weight excluding hydrogens is 232 g/mol. The number of hydrogen-bond donors (Lipinski definition) is 2. The van der Waals surface area contributed by atoms with Crippen molar-refractivity contribution in [2.75, 3.05) is 26.2 Å². The molecule has 1 aliphatic rings. The molecule has 0 aromatic rings. The van der Waals surface area contributed by atoms with Gasteiger partial charge in [-0.05, 0) is 33.7 Å². The SMILES string of the molecule is CCNC(CCO)C1CN(C(=O)OC(C)(C)C)C1. The number of aliphatic hydroxyl groups excluding tert-OH is 1. The second-order valence-corrected chi connectivity index (χ2v) is 5.82. The Balaban J connectivity index is 2.35. The van der Waals surface area contributed by atoms with Crippen molar-refractivity contribution < 1.29 is 14.6 Å². The predicted octanol–water partition coefficient (Wildman–Crippen LogP) is 1.21. The highest BCUT2D eigenvalue weighted by Gasteiger charge is 2.37. The van der Waals surface area contributed by atoms with Crippen molar-refractivity contribution in [2.24, 2.45) is 5.92 Å². The average Bonchev–Trinajstić information content (AvgIpc) is 2.12. The van der Waals surface area contributed by atoms with E-state index in [9.17, 15) is 4.79 Å². The minimum absolute atomic E-state index is 0.181. The van der Waals surface area contributed by atoms with E-state index in [4.69, 9.17) is 9.84 Å². The number of likely N-dealkylation sites (tertiary alicyclic amines) is 1. The van der Waals surface area contributed by atoms with Crippen molar-refractivity contribution in [3.63, 3.8) is 0 Å². The Morgan fingerprint density at radius 3 is 2.56 bits per heavy atom. The molecule has 18 heavy (non-hydrogen) atoms.